The largest absolute Gasteiger partial charge is 0.447 e. The molecule has 0 unspecified atom stereocenters. The van der Waals surface area contributed by atoms with Gasteiger partial charge in [-0.05, 0) is 19.3 Å². The van der Waals surface area contributed by atoms with Gasteiger partial charge in [-0.15, -0.1) is 0 Å². The molecule has 0 spiro atoms. The van der Waals surface area contributed by atoms with Gasteiger partial charge in [0.15, 0.2) is 0 Å². The summed E-state index contributed by atoms with van der Waals surface area (Å²) in [6.07, 6.45) is 7.62. The summed E-state index contributed by atoms with van der Waals surface area (Å²) < 4.78 is 5.34. The molecular formula is C15H25N3O4S. The van der Waals surface area contributed by atoms with E-state index in [1.807, 2.05) is 6.92 Å². The highest BCUT2D eigenvalue weighted by Crippen LogP contribution is 2.32. The van der Waals surface area contributed by atoms with Crippen LogP contribution in [0.25, 0.3) is 0 Å². The van der Waals surface area contributed by atoms with E-state index in [-0.39, 0.29) is 32.0 Å². The van der Waals surface area contributed by atoms with Crippen molar-refractivity contribution in [1.82, 2.24) is 14.9 Å². The van der Waals surface area contributed by atoms with E-state index < -0.39 is 5.92 Å². The highest BCUT2D eigenvalue weighted by atomic mass is 32.1. The summed E-state index contributed by atoms with van der Waals surface area (Å²) in [7, 11) is 0. The lowest BCUT2D eigenvalue weighted by molar-refractivity contribution is -0.157. The summed E-state index contributed by atoms with van der Waals surface area (Å²) in [5, 5.41) is 9.98. The Morgan fingerprint density at radius 1 is 1.65 bits per heavy atom. The number of likely N-dealkylation sites (tertiary alicyclic amines) is 1. The number of hydroxylamine groups is 2. The monoisotopic (exact) mass is 343 g/mol. The maximum atomic E-state index is 12.8. The number of aromatic nitrogens is 1. The van der Waals surface area contributed by atoms with Crippen LogP contribution < -0.4 is 0 Å². The molecule has 2 rings (SSSR count). The van der Waals surface area contributed by atoms with Crippen LogP contribution >= 0.6 is 13.5 Å². The van der Waals surface area contributed by atoms with E-state index in [4.69, 9.17) is 4.42 Å². The lowest BCUT2D eigenvalue weighted by Crippen LogP contribution is -2.40. The number of carbonyl (C=O) groups excluding carboxylic acids is 2. The van der Waals surface area contributed by atoms with E-state index in [9.17, 15) is 14.8 Å². The van der Waals surface area contributed by atoms with Crippen molar-refractivity contribution in [2.24, 2.45) is 5.92 Å². The van der Waals surface area contributed by atoms with Crippen LogP contribution in [-0.2, 0) is 9.59 Å². The summed E-state index contributed by atoms with van der Waals surface area (Å²) >= 11 is 0. The van der Waals surface area contributed by atoms with Crippen LogP contribution in [0.2, 0.25) is 0 Å². The molecule has 1 aliphatic rings. The quantitative estimate of drug-likeness (QED) is 0.444. The first-order valence-electron chi connectivity index (χ1n) is 7.78. The molecule has 2 amide bonds. The zero-order valence-corrected chi connectivity index (χ0v) is 14.4. The molecule has 1 aromatic rings. The second-order valence-corrected chi connectivity index (χ2v) is 5.63. The maximum Gasteiger partial charge on any atom is 0.233 e. The number of nitrogens with zero attached hydrogens (tertiary/aromatic N) is 3. The first-order valence-corrected chi connectivity index (χ1v) is 7.78. The zero-order chi connectivity index (χ0) is 15.9. The van der Waals surface area contributed by atoms with Crippen molar-refractivity contribution >= 4 is 25.8 Å². The second kappa shape index (κ2) is 9.57. The van der Waals surface area contributed by atoms with Gasteiger partial charge in [0, 0.05) is 6.54 Å². The molecular weight excluding hydrogens is 318 g/mol. The lowest BCUT2D eigenvalue weighted by atomic mass is 9.99. The molecule has 0 aromatic carbocycles. The molecule has 2 heterocycles. The normalized spacial score (nSPS) is 18.3. The number of unbranched alkanes of at least 4 members (excludes halogenated alkanes) is 1. The van der Waals surface area contributed by atoms with Gasteiger partial charge >= 0.3 is 0 Å². The number of amides is 2. The first-order chi connectivity index (χ1) is 10.7. The number of hydrogen-bond acceptors (Lipinski definition) is 5. The zero-order valence-electron chi connectivity index (χ0n) is 13.4. The van der Waals surface area contributed by atoms with E-state index in [0.29, 0.717) is 30.3 Å². The van der Waals surface area contributed by atoms with E-state index in [2.05, 4.69) is 4.98 Å². The Morgan fingerprint density at radius 2 is 2.43 bits per heavy atom. The number of hydrogen-bond donors (Lipinski definition) is 1. The number of rotatable bonds is 8. The lowest BCUT2D eigenvalue weighted by Gasteiger charge is -2.28. The van der Waals surface area contributed by atoms with E-state index in [1.54, 1.807) is 11.1 Å². The number of carbonyl (C=O) groups is 2. The average molecular weight is 343 g/mol. The van der Waals surface area contributed by atoms with Crippen molar-refractivity contribution in [3.63, 3.8) is 0 Å². The van der Waals surface area contributed by atoms with Crippen LogP contribution in [-0.4, -0.2) is 45.6 Å². The van der Waals surface area contributed by atoms with Crippen LogP contribution in [0.15, 0.2) is 16.9 Å². The Bertz CT molecular complexity index is 483. The van der Waals surface area contributed by atoms with Crippen molar-refractivity contribution < 1.29 is 19.2 Å². The second-order valence-electron chi connectivity index (χ2n) is 5.63. The molecule has 1 aliphatic heterocycles. The molecule has 2 atom stereocenters. The fourth-order valence-corrected chi connectivity index (χ4v) is 2.93. The standard InChI is InChI=1S/C15H23N3O4.H2S/c1-2-3-5-12(10-17(21)11-19)15(20)18-8-4-6-13(18)14-16-7-9-22-14;/h7,9,11-13,21H,2-6,8,10H2,1H3;1H2/t12-,13+;/m1./s1. The molecule has 1 fully saturated rings. The molecule has 1 saturated heterocycles. The summed E-state index contributed by atoms with van der Waals surface area (Å²) in [5.74, 6) is 0.108. The minimum Gasteiger partial charge on any atom is -0.447 e. The molecule has 130 valence electrons. The van der Waals surface area contributed by atoms with Crippen molar-refractivity contribution in [3.8, 4) is 0 Å². The Kier molecular flexibility index (Phi) is 8.11. The van der Waals surface area contributed by atoms with Crippen LogP contribution in [0.1, 0.15) is 51.0 Å². The molecule has 1 aromatic heterocycles. The predicted molar refractivity (Wildman–Crippen MR) is 88.1 cm³/mol. The van der Waals surface area contributed by atoms with Gasteiger partial charge in [-0.1, -0.05) is 19.8 Å². The molecule has 1 N–H and O–H groups in total. The Labute approximate surface area is 143 Å². The fourth-order valence-electron chi connectivity index (χ4n) is 2.93. The van der Waals surface area contributed by atoms with Crippen LogP contribution in [0.3, 0.4) is 0 Å². The van der Waals surface area contributed by atoms with Gasteiger partial charge in [-0.25, -0.2) is 10.0 Å². The first kappa shape index (κ1) is 19.5. The van der Waals surface area contributed by atoms with Crippen molar-refractivity contribution in [3.05, 3.63) is 18.4 Å². The fraction of sp³-hybridized carbons (Fsp3) is 0.667. The van der Waals surface area contributed by atoms with Crippen molar-refractivity contribution in [2.45, 2.75) is 45.1 Å². The summed E-state index contributed by atoms with van der Waals surface area (Å²) in [6, 6.07) is -0.144. The van der Waals surface area contributed by atoms with Gasteiger partial charge in [-0.3, -0.25) is 14.8 Å². The minimum absolute atomic E-state index is 0. The van der Waals surface area contributed by atoms with Crippen LogP contribution in [0.5, 0.6) is 0 Å². The minimum atomic E-state index is -0.397. The van der Waals surface area contributed by atoms with Gasteiger partial charge in [-0.2, -0.15) is 13.5 Å². The third-order valence-electron chi connectivity index (χ3n) is 4.06. The highest BCUT2D eigenvalue weighted by Gasteiger charge is 2.36. The van der Waals surface area contributed by atoms with E-state index >= 15 is 0 Å². The third-order valence-corrected chi connectivity index (χ3v) is 4.06. The van der Waals surface area contributed by atoms with Crippen molar-refractivity contribution in [2.75, 3.05) is 13.1 Å². The van der Waals surface area contributed by atoms with Crippen LogP contribution in [0.4, 0.5) is 0 Å². The molecule has 0 bridgehead atoms. The molecule has 0 aliphatic carbocycles. The molecule has 7 nitrogen and oxygen atoms in total. The van der Waals surface area contributed by atoms with Crippen LogP contribution in [0, 0.1) is 5.92 Å². The summed E-state index contributed by atoms with van der Waals surface area (Å²) in [5.41, 5.74) is 0. The Balaban J connectivity index is 0.00000264. The van der Waals surface area contributed by atoms with Crippen molar-refractivity contribution in [1.29, 1.82) is 0 Å². The summed E-state index contributed by atoms with van der Waals surface area (Å²) in [6.45, 7) is 2.72. The van der Waals surface area contributed by atoms with E-state index in [0.717, 1.165) is 25.7 Å². The van der Waals surface area contributed by atoms with Gasteiger partial charge in [0.1, 0.15) is 12.3 Å². The van der Waals surface area contributed by atoms with Gasteiger partial charge in [0.25, 0.3) is 0 Å². The van der Waals surface area contributed by atoms with Gasteiger partial charge < -0.3 is 9.32 Å². The van der Waals surface area contributed by atoms with E-state index in [1.165, 1.54) is 6.26 Å². The molecule has 8 heteroatoms. The molecule has 0 saturated carbocycles. The SMILES string of the molecule is CCCC[C@H](CN(O)C=O)C(=O)N1CCC[C@H]1c1ncco1.S. The third kappa shape index (κ3) is 4.97. The summed E-state index contributed by atoms with van der Waals surface area (Å²) in [4.78, 5) is 29.4. The maximum absolute atomic E-state index is 12.8. The van der Waals surface area contributed by atoms with Gasteiger partial charge in [0.05, 0.1) is 18.7 Å². The average Bonchev–Trinajstić information content (AvgIpc) is 3.20. The Morgan fingerprint density at radius 3 is 3.04 bits per heavy atom. The highest BCUT2D eigenvalue weighted by molar-refractivity contribution is 7.59. The molecule has 23 heavy (non-hydrogen) atoms. The number of oxazole rings is 1. The smallest absolute Gasteiger partial charge is 0.233 e. The Hall–Kier alpha value is -1.54. The predicted octanol–water partition coefficient (Wildman–Crippen LogP) is 2.10. The molecule has 0 radical (unpaired) electrons. The van der Waals surface area contributed by atoms with Gasteiger partial charge in [0.2, 0.25) is 18.2 Å². The topological polar surface area (TPSA) is 86.9 Å².